The summed E-state index contributed by atoms with van der Waals surface area (Å²) in [5.74, 6) is 0.584. The summed E-state index contributed by atoms with van der Waals surface area (Å²) in [6.45, 7) is 0. The fourth-order valence-corrected chi connectivity index (χ4v) is 3.36. The lowest BCUT2D eigenvalue weighted by molar-refractivity contribution is -0.128. The molecule has 0 unspecified atom stereocenters. The van der Waals surface area contributed by atoms with Gasteiger partial charge in [-0.2, -0.15) is 0 Å². The highest BCUT2D eigenvalue weighted by Crippen LogP contribution is 2.29. The van der Waals surface area contributed by atoms with Crippen molar-refractivity contribution < 1.29 is 18.7 Å². The second-order valence-electron chi connectivity index (χ2n) is 6.39. The first-order valence-electron chi connectivity index (χ1n) is 8.76. The minimum absolute atomic E-state index is 0.294. The van der Waals surface area contributed by atoms with Gasteiger partial charge >= 0.3 is 11.6 Å². The van der Waals surface area contributed by atoms with E-state index in [1.54, 1.807) is 25.3 Å². The quantitative estimate of drug-likeness (QED) is 0.305. The largest absolute Gasteiger partial charge is 0.497 e. The highest BCUT2D eigenvalue weighted by Gasteiger charge is 2.19. The van der Waals surface area contributed by atoms with E-state index in [1.165, 1.54) is 6.08 Å². The van der Waals surface area contributed by atoms with Crippen molar-refractivity contribution in [3.05, 3.63) is 75.7 Å². The lowest BCUT2D eigenvalue weighted by Crippen LogP contribution is -2.07. The first-order chi connectivity index (χ1) is 13.1. The van der Waals surface area contributed by atoms with Crippen LogP contribution in [0.15, 0.2) is 57.8 Å². The minimum atomic E-state index is -0.506. The number of methoxy groups -OCH3 is 1. The number of ether oxygens (including phenoxy) is 2. The van der Waals surface area contributed by atoms with Gasteiger partial charge in [-0.3, -0.25) is 0 Å². The molecule has 5 heteroatoms. The molecule has 136 valence electrons. The summed E-state index contributed by atoms with van der Waals surface area (Å²) in [6.07, 6.45) is 5.62. The zero-order chi connectivity index (χ0) is 18.8. The molecule has 0 N–H and O–H groups in total. The molecule has 2 aromatic carbocycles. The van der Waals surface area contributed by atoms with Crippen molar-refractivity contribution in [3.63, 3.8) is 0 Å². The van der Waals surface area contributed by atoms with Crippen molar-refractivity contribution in [2.45, 2.75) is 19.3 Å². The van der Waals surface area contributed by atoms with E-state index < -0.39 is 5.97 Å². The van der Waals surface area contributed by atoms with Crippen molar-refractivity contribution >= 4 is 23.0 Å². The van der Waals surface area contributed by atoms with E-state index in [1.807, 2.05) is 30.3 Å². The Morgan fingerprint density at radius 1 is 1.04 bits per heavy atom. The predicted octanol–water partition coefficient (Wildman–Crippen LogP) is 3.91. The first kappa shape index (κ1) is 17.1. The molecule has 0 spiro atoms. The number of carbonyl (C=O) groups is 1. The normalized spacial score (nSPS) is 13.1. The number of benzene rings is 2. The van der Waals surface area contributed by atoms with E-state index in [2.05, 4.69) is 0 Å². The Balaban J connectivity index is 1.52. The molecule has 1 aromatic heterocycles. The van der Waals surface area contributed by atoms with Gasteiger partial charge in [0.15, 0.2) is 0 Å². The van der Waals surface area contributed by atoms with Crippen molar-refractivity contribution in [2.24, 2.45) is 0 Å². The first-order valence-corrected chi connectivity index (χ1v) is 8.76. The van der Waals surface area contributed by atoms with Crippen LogP contribution in [0, 0.1) is 0 Å². The Bertz CT molecular complexity index is 1090. The van der Waals surface area contributed by atoms with E-state index in [4.69, 9.17) is 13.9 Å². The minimum Gasteiger partial charge on any atom is -0.497 e. The Labute approximate surface area is 155 Å². The van der Waals surface area contributed by atoms with Crippen LogP contribution in [-0.4, -0.2) is 13.1 Å². The molecule has 0 amide bonds. The average molecular weight is 362 g/mol. The second-order valence-corrected chi connectivity index (χ2v) is 6.39. The van der Waals surface area contributed by atoms with Gasteiger partial charge in [0.25, 0.3) is 0 Å². The molecule has 3 aromatic rings. The van der Waals surface area contributed by atoms with E-state index in [0.29, 0.717) is 11.3 Å². The van der Waals surface area contributed by atoms with E-state index in [9.17, 15) is 9.59 Å². The third kappa shape index (κ3) is 3.49. The Morgan fingerprint density at radius 3 is 2.56 bits per heavy atom. The van der Waals surface area contributed by atoms with Crippen LogP contribution in [0.4, 0.5) is 0 Å². The predicted molar refractivity (Wildman–Crippen MR) is 102 cm³/mol. The van der Waals surface area contributed by atoms with Crippen LogP contribution in [0.25, 0.3) is 17.0 Å². The molecule has 27 heavy (non-hydrogen) atoms. The number of esters is 1. The molecule has 1 heterocycles. The third-order valence-corrected chi connectivity index (χ3v) is 4.69. The Morgan fingerprint density at radius 2 is 1.78 bits per heavy atom. The number of aryl methyl sites for hydroxylation is 1. The molecule has 0 aliphatic heterocycles. The Hall–Kier alpha value is -3.34. The van der Waals surface area contributed by atoms with Gasteiger partial charge < -0.3 is 13.9 Å². The zero-order valence-corrected chi connectivity index (χ0v) is 14.9. The fraction of sp³-hybridized carbons (Fsp3) is 0.182. The lowest BCUT2D eigenvalue weighted by atomic mass is 10.1. The molecule has 0 fully saturated rings. The number of hydrogen-bond acceptors (Lipinski definition) is 5. The summed E-state index contributed by atoms with van der Waals surface area (Å²) in [6, 6.07) is 12.5. The SMILES string of the molecule is COc1ccc(/C=C/C(=O)Oc2ccc3c4c(c(=O)oc3c2)CCC4)cc1. The van der Waals surface area contributed by atoms with E-state index in [0.717, 1.165) is 47.1 Å². The molecule has 1 aliphatic carbocycles. The topological polar surface area (TPSA) is 65.7 Å². The summed E-state index contributed by atoms with van der Waals surface area (Å²) in [4.78, 5) is 24.1. The second kappa shape index (κ2) is 7.11. The maximum Gasteiger partial charge on any atom is 0.339 e. The molecule has 1 aliphatic rings. The standard InChI is InChI=1S/C22H18O5/c1-25-15-8-5-14(6-9-15)7-12-21(23)26-16-10-11-18-17-3-2-4-19(17)22(24)27-20(18)13-16/h5-13H,2-4H2,1H3/b12-7+. The summed E-state index contributed by atoms with van der Waals surface area (Å²) < 4.78 is 15.8. The number of fused-ring (bicyclic) bond motifs is 3. The van der Waals surface area contributed by atoms with Gasteiger partial charge in [-0.05, 0) is 60.7 Å². The lowest BCUT2D eigenvalue weighted by Gasteiger charge is -2.06. The maximum atomic E-state index is 12.1. The smallest absolute Gasteiger partial charge is 0.339 e. The zero-order valence-electron chi connectivity index (χ0n) is 14.9. The fourth-order valence-electron chi connectivity index (χ4n) is 3.36. The summed E-state index contributed by atoms with van der Waals surface area (Å²) in [5, 5.41) is 0.913. The van der Waals surface area contributed by atoms with Gasteiger partial charge in [-0.15, -0.1) is 0 Å². The van der Waals surface area contributed by atoms with Gasteiger partial charge in [0.1, 0.15) is 17.1 Å². The maximum absolute atomic E-state index is 12.1. The highest BCUT2D eigenvalue weighted by atomic mass is 16.5. The highest BCUT2D eigenvalue weighted by molar-refractivity contribution is 5.90. The van der Waals surface area contributed by atoms with Crippen LogP contribution in [0.3, 0.4) is 0 Å². The van der Waals surface area contributed by atoms with Crippen molar-refractivity contribution in [1.82, 2.24) is 0 Å². The van der Waals surface area contributed by atoms with Gasteiger partial charge in [0.05, 0.1) is 7.11 Å². The molecule has 0 atom stereocenters. The summed E-state index contributed by atoms with van der Waals surface area (Å²) in [5.41, 5.74) is 2.84. The van der Waals surface area contributed by atoms with Gasteiger partial charge in [0, 0.05) is 23.1 Å². The number of hydrogen-bond donors (Lipinski definition) is 0. The molecule has 0 saturated carbocycles. The molecule has 5 nitrogen and oxygen atoms in total. The van der Waals surface area contributed by atoms with Gasteiger partial charge in [-0.25, -0.2) is 9.59 Å². The van der Waals surface area contributed by atoms with E-state index >= 15 is 0 Å². The molecule has 0 saturated heterocycles. The van der Waals surface area contributed by atoms with Crippen molar-refractivity contribution in [3.8, 4) is 11.5 Å². The van der Waals surface area contributed by atoms with Crippen LogP contribution in [0.1, 0.15) is 23.1 Å². The number of carbonyl (C=O) groups excluding carboxylic acids is 1. The van der Waals surface area contributed by atoms with Crippen LogP contribution in [0.5, 0.6) is 11.5 Å². The van der Waals surface area contributed by atoms with E-state index in [-0.39, 0.29) is 5.63 Å². The Kier molecular flexibility index (Phi) is 4.50. The number of rotatable bonds is 4. The van der Waals surface area contributed by atoms with Crippen molar-refractivity contribution in [1.29, 1.82) is 0 Å². The van der Waals surface area contributed by atoms with Crippen LogP contribution < -0.4 is 15.1 Å². The molecular weight excluding hydrogens is 344 g/mol. The summed E-state index contributed by atoms with van der Waals surface area (Å²) in [7, 11) is 1.60. The third-order valence-electron chi connectivity index (χ3n) is 4.69. The summed E-state index contributed by atoms with van der Waals surface area (Å²) >= 11 is 0. The molecule has 0 radical (unpaired) electrons. The van der Waals surface area contributed by atoms with Gasteiger partial charge in [-0.1, -0.05) is 12.1 Å². The van der Waals surface area contributed by atoms with Crippen LogP contribution in [0.2, 0.25) is 0 Å². The van der Waals surface area contributed by atoms with Gasteiger partial charge in [0.2, 0.25) is 0 Å². The van der Waals surface area contributed by atoms with Crippen LogP contribution >= 0.6 is 0 Å². The van der Waals surface area contributed by atoms with Crippen LogP contribution in [-0.2, 0) is 17.6 Å². The average Bonchev–Trinajstić information content (AvgIpc) is 3.17. The van der Waals surface area contributed by atoms with Crippen molar-refractivity contribution in [2.75, 3.05) is 7.11 Å². The molecular formula is C22H18O5. The molecule has 4 rings (SSSR count). The molecule has 0 bridgehead atoms. The monoisotopic (exact) mass is 362 g/mol.